The number of halogens is 1. The first-order valence-electron chi connectivity index (χ1n) is 11.0. The summed E-state index contributed by atoms with van der Waals surface area (Å²) in [6.45, 7) is 6.38. The molecular formula is C26H28FNO5P+. The molecule has 178 valence electrons. The van der Waals surface area contributed by atoms with Crippen molar-refractivity contribution in [2.45, 2.75) is 50.8 Å². The number of hydrogen-bond acceptors (Lipinski definition) is 4. The molecule has 0 aliphatic carbocycles. The summed E-state index contributed by atoms with van der Waals surface area (Å²) in [6.07, 6.45) is -0.304. The fraction of sp³-hybridized carbons (Fsp3) is 0.308. The Hall–Kier alpha value is -2.99. The predicted molar refractivity (Wildman–Crippen MR) is 129 cm³/mol. The van der Waals surface area contributed by atoms with Gasteiger partial charge in [0.15, 0.2) is 5.60 Å². The molecular weight excluding hydrogens is 456 g/mol. The van der Waals surface area contributed by atoms with Gasteiger partial charge in [0.1, 0.15) is 5.82 Å². The summed E-state index contributed by atoms with van der Waals surface area (Å²) < 4.78 is 26.2. The Kier molecular flexibility index (Phi) is 7.32. The number of rotatable bonds is 8. The van der Waals surface area contributed by atoms with Gasteiger partial charge in [-0.1, -0.05) is 63.2 Å². The molecule has 3 atom stereocenters. The van der Waals surface area contributed by atoms with Crippen molar-refractivity contribution in [3.8, 4) is 22.4 Å². The van der Waals surface area contributed by atoms with Gasteiger partial charge in [-0.2, -0.15) is 4.89 Å². The zero-order chi connectivity index (χ0) is 25.3. The van der Waals surface area contributed by atoms with E-state index >= 15 is 0 Å². The lowest BCUT2D eigenvalue weighted by molar-refractivity contribution is -0.149. The quantitative estimate of drug-likeness (QED) is 0.346. The summed E-state index contributed by atoms with van der Waals surface area (Å²) in [6, 6.07) is 16.6. The molecule has 0 saturated heterocycles. The molecule has 0 aliphatic rings. The van der Waals surface area contributed by atoms with Gasteiger partial charge in [-0.3, -0.25) is 4.98 Å². The molecule has 0 spiro atoms. The van der Waals surface area contributed by atoms with E-state index in [1.807, 2.05) is 44.2 Å². The number of aliphatic hydroxyl groups is 1. The normalized spacial score (nSPS) is 15.5. The molecule has 0 saturated carbocycles. The van der Waals surface area contributed by atoms with E-state index in [-0.39, 0.29) is 17.9 Å². The number of carboxylic acid groups (broad SMARTS) is 1. The lowest BCUT2D eigenvalue weighted by atomic mass is 9.74. The van der Waals surface area contributed by atoms with Gasteiger partial charge in [0.25, 0.3) is 0 Å². The molecule has 34 heavy (non-hydrogen) atoms. The number of aliphatic carboxylic acids is 1. The van der Waals surface area contributed by atoms with Gasteiger partial charge < -0.3 is 10.2 Å². The number of carboxylic acids is 1. The molecule has 3 unspecified atom stereocenters. The Morgan fingerprint density at radius 3 is 2.15 bits per heavy atom. The minimum absolute atomic E-state index is 0.135. The van der Waals surface area contributed by atoms with E-state index in [9.17, 15) is 28.9 Å². The maximum absolute atomic E-state index is 13.7. The van der Waals surface area contributed by atoms with Crippen molar-refractivity contribution in [3.05, 3.63) is 77.7 Å². The van der Waals surface area contributed by atoms with Crippen LogP contribution in [0, 0.1) is 5.82 Å². The summed E-state index contributed by atoms with van der Waals surface area (Å²) in [4.78, 5) is 27.4. The van der Waals surface area contributed by atoms with Gasteiger partial charge in [-0.05, 0) is 46.7 Å². The molecule has 3 N–H and O–H groups in total. The van der Waals surface area contributed by atoms with Crippen LogP contribution in [0.1, 0.15) is 51.3 Å². The monoisotopic (exact) mass is 484 g/mol. The molecule has 0 bridgehead atoms. The van der Waals surface area contributed by atoms with Gasteiger partial charge in [0, 0.05) is 17.5 Å². The topological polar surface area (TPSA) is 108 Å². The molecule has 3 aromatic rings. The lowest BCUT2D eigenvalue weighted by Crippen LogP contribution is -2.53. The van der Waals surface area contributed by atoms with Gasteiger partial charge >= 0.3 is 19.2 Å². The van der Waals surface area contributed by atoms with E-state index in [2.05, 4.69) is 0 Å². The third kappa shape index (κ3) is 4.27. The first-order valence-corrected chi connectivity index (χ1v) is 12.2. The standard InChI is InChI=1S/C26H27FNO5P/c1-5-26(24(29)30,34(32)33)25(4,31)22-20(17-11-13-19(27)14-12-17)15-21(28-23(22)16(2)3)18-9-7-6-8-10-18/h6-16,31H,5H2,1-4H3,(H-,29,30,32,33)/p+1. The lowest BCUT2D eigenvalue weighted by Gasteiger charge is -2.36. The summed E-state index contributed by atoms with van der Waals surface area (Å²) >= 11 is 0. The Bertz CT molecular complexity index is 1200. The molecule has 0 fully saturated rings. The van der Waals surface area contributed by atoms with Crippen LogP contribution in [-0.2, 0) is 15.0 Å². The third-order valence-electron chi connectivity index (χ3n) is 6.30. The third-order valence-corrected chi connectivity index (χ3v) is 7.90. The van der Waals surface area contributed by atoms with Crippen LogP contribution < -0.4 is 0 Å². The largest absolute Gasteiger partial charge is 0.527 e. The van der Waals surface area contributed by atoms with Gasteiger partial charge in [0.05, 0.1) is 11.4 Å². The molecule has 3 rings (SSSR count). The zero-order valence-corrected chi connectivity index (χ0v) is 20.4. The maximum Gasteiger partial charge on any atom is 0.527 e. The van der Waals surface area contributed by atoms with Crippen LogP contribution >= 0.6 is 8.03 Å². The van der Waals surface area contributed by atoms with Crippen LogP contribution in [0.5, 0.6) is 0 Å². The highest BCUT2D eigenvalue weighted by Crippen LogP contribution is 2.54. The Labute approximate surface area is 199 Å². The van der Waals surface area contributed by atoms with E-state index < -0.39 is 30.6 Å². The molecule has 1 heterocycles. The van der Waals surface area contributed by atoms with Crippen molar-refractivity contribution < 1.29 is 28.9 Å². The van der Waals surface area contributed by atoms with Crippen LogP contribution in [0.2, 0.25) is 0 Å². The fourth-order valence-electron chi connectivity index (χ4n) is 4.42. The van der Waals surface area contributed by atoms with Crippen molar-refractivity contribution in [1.82, 2.24) is 4.98 Å². The molecule has 0 aliphatic heterocycles. The number of nitrogens with zero attached hydrogens (tertiary/aromatic N) is 1. The molecule has 2 aromatic carbocycles. The Morgan fingerprint density at radius 1 is 1.09 bits per heavy atom. The number of hydrogen-bond donors (Lipinski definition) is 3. The minimum Gasteiger partial charge on any atom is -0.477 e. The van der Waals surface area contributed by atoms with Crippen LogP contribution in [0.3, 0.4) is 0 Å². The van der Waals surface area contributed by atoms with E-state index in [1.165, 1.54) is 38.1 Å². The first kappa shape index (κ1) is 25.6. The van der Waals surface area contributed by atoms with Crippen LogP contribution in [-0.4, -0.2) is 31.2 Å². The SMILES string of the molecule is CCC(C(=O)O)([P+](=O)O)C(C)(O)c1c(-c2ccc(F)cc2)cc(-c2ccccc2)nc1C(C)C. The summed E-state index contributed by atoms with van der Waals surface area (Å²) in [5.41, 5.74) is 0.542. The van der Waals surface area contributed by atoms with Crippen molar-refractivity contribution in [2.24, 2.45) is 0 Å². The highest BCUT2D eigenvalue weighted by molar-refractivity contribution is 7.41. The highest BCUT2D eigenvalue weighted by atomic mass is 31.1. The molecule has 0 amide bonds. The Morgan fingerprint density at radius 2 is 1.68 bits per heavy atom. The number of aromatic nitrogens is 1. The average molecular weight is 484 g/mol. The van der Waals surface area contributed by atoms with Gasteiger partial charge in [0.2, 0.25) is 0 Å². The predicted octanol–water partition coefficient (Wildman–Crippen LogP) is 5.85. The summed E-state index contributed by atoms with van der Waals surface area (Å²) in [5.74, 6) is -2.31. The van der Waals surface area contributed by atoms with Crippen LogP contribution in [0.25, 0.3) is 22.4 Å². The number of carbonyl (C=O) groups is 1. The maximum atomic E-state index is 13.7. The highest BCUT2D eigenvalue weighted by Gasteiger charge is 2.69. The average Bonchev–Trinajstić information content (AvgIpc) is 2.79. The van der Waals surface area contributed by atoms with Crippen LogP contribution in [0.15, 0.2) is 60.7 Å². The molecule has 0 radical (unpaired) electrons. The minimum atomic E-state index is -3.36. The number of pyridine rings is 1. The van der Waals surface area contributed by atoms with Gasteiger partial charge in [-0.15, -0.1) is 0 Å². The van der Waals surface area contributed by atoms with Crippen LogP contribution in [0.4, 0.5) is 4.39 Å². The summed E-state index contributed by atoms with van der Waals surface area (Å²) in [7, 11) is -3.36. The van der Waals surface area contributed by atoms with Crippen molar-refractivity contribution in [1.29, 1.82) is 0 Å². The van der Waals surface area contributed by atoms with E-state index in [0.717, 1.165) is 5.56 Å². The van der Waals surface area contributed by atoms with E-state index in [4.69, 9.17) is 4.98 Å². The molecule has 8 heteroatoms. The molecule has 1 aromatic heterocycles. The number of benzene rings is 2. The van der Waals surface area contributed by atoms with E-state index in [1.54, 1.807) is 6.07 Å². The van der Waals surface area contributed by atoms with E-state index in [0.29, 0.717) is 22.5 Å². The zero-order valence-electron chi connectivity index (χ0n) is 19.5. The fourth-order valence-corrected chi connectivity index (χ4v) is 5.34. The second kappa shape index (κ2) is 9.71. The second-order valence-corrected chi connectivity index (χ2v) is 10.0. The van der Waals surface area contributed by atoms with Gasteiger partial charge in [-0.25, -0.2) is 9.18 Å². The van der Waals surface area contributed by atoms with Crippen molar-refractivity contribution >= 4 is 14.0 Å². The first-order chi connectivity index (χ1) is 16.0. The smallest absolute Gasteiger partial charge is 0.477 e. The van der Waals surface area contributed by atoms with Crippen molar-refractivity contribution in [3.63, 3.8) is 0 Å². The summed E-state index contributed by atoms with van der Waals surface area (Å²) in [5, 5.41) is 19.6. The Balaban J connectivity index is 2.49. The second-order valence-electron chi connectivity index (χ2n) is 8.71. The molecule has 6 nitrogen and oxygen atoms in total. The van der Waals surface area contributed by atoms with Crippen molar-refractivity contribution in [2.75, 3.05) is 0 Å².